The van der Waals surface area contributed by atoms with Crippen LogP contribution in [0.15, 0.2) is 53.1 Å². The molecule has 1 fully saturated rings. The molecule has 2 aliphatic heterocycles. The fourth-order valence-electron chi connectivity index (χ4n) is 4.77. The molecule has 5 rings (SSSR count). The maximum Gasteiger partial charge on any atom is 0.256 e. The number of methoxy groups -OCH3 is 1. The van der Waals surface area contributed by atoms with E-state index in [2.05, 4.69) is 21.8 Å². The first kappa shape index (κ1) is 22.8. The summed E-state index contributed by atoms with van der Waals surface area (Å²) in [6.45, 7) is 0.647. The van der Waals surface area contributed by atoms with Gasteiger partial charge in [0.1, 0.15) is 11.4 Å². The molecule has 10 heteroatoms. The number of ether oxygens (including phenoxy) is 1. The summed E-state index contributed by atoms with van der Waals surface area (Å²) in [6, 6.07) is 7.21. The van der Waals surface area contributed by atoms with Crippen molar-refractivity contribution in [2.24, 2.45) is 4.99 Å². The third-order valence-electron chi connectivity index (χ3n) is 6.55. The maximum absolute atomic E-state index is 13.3. The Hall–Kier alpha value is -3.94. The van der Waals surface area contributed by atoms with Crippen molar-refractivity contribution >= 4 is 17.8 Å². The van der Waals surface area contributed by atoms with Gasteiger partial charge in [0.25, 0.3) is 5.91 Å². The molecule has 0 unspecified atom stereocenters. The summed E-state index contributed by atoms with van der Waals surface area (Å²) in [7, 11) is 1.55. The molecule has 3 N–H and O–H groups in total. The number of fused-ring (bicyclic) bond motifs is 1. The molecule has 10 nitrogen and oxygen atoms in total. The van der Waals surface area contributed by atoms with Gasteiger partial charge in [-0.15, -0.1) is 0 Å². The third kappa shape index (κ3) is 4.56. The zero-order valence-electron chi connectivity index (χ0n) is 19.5. The summed E-state index contributed by atoms with van der Waals surface area (Å²) in [5.41, 5.74) is 4.71. The van der Waals surface area contributed by atoms with Crippen molar-refractivity contribution in [1.29, 1.82) is 5.26 Å². The Morgan fingerprint density at radius 2 is 2.17 bits per heavy atom. The van der Waals surface area contributed by atoms with Crippen molar-refractivity contribution in [3.63, 3.8) is 0 Å². The molecular weight excluding hydrogens is 446 g/mol. The topological polar surface area (TPSA) is 128 Å². The van der Waals surface area contributed by atoms with E-state index in [4.69, 9.17) is 9.84 Å². The molecule has 35 heavy (non-hydrogen) atoms. The molecule has 1 saturated carbocycles. The van der Waals surface area contributed by atoms with Gasteiger partial charge in [0.05, 0.1) is 42.1 Å². The lowest BCUT2D eigenvalue weighted by Crippen LogP contribution is -2.36. The first-order valence-corrected chi connectivity index (χ1v) is 11.7. The number of carbonyl (C=O) groups is 1. The fraction of sp³-hybridized carbons (Fsp3) is 0.360. The van der Waals surface area contributed by atoms with E-state index in [0.29, 0.717) is 65.6 Å². The van der Waals surface area contributed by atoms with E-state index in [1.165, 1.54) is 0 Å². The summed E-state index contributed by atoms with van der Waals surface area (Å²) < 4.78 is 7.21. The number of aliphatic imine (C=N–C) groups is 1. The molecule has 1 aromatic heterocycles. The second kappa shape index (κ2) is 9.37. The highest BCUT2D eigenvalue weighted by molar-refractivity contribution is 6.07. The summed E-state index contributed by atoms with van der Waals surface area (Å²) in [6.07, 6.45) is 11.4. The van der Waals surface area contributed by atoms with Crippen LogP contribution in [0.1, 0.15) is 37.7 Å². The van der Waals surface area contributed by atoms with Crippen molar-refractivity contribution in [3.05, 3.63) is 53.6 Å². The minimum atomic E-state index is -0.842. The van der Waals surface area contributed by atoms with Crippen molar-refractivity contribution < 1.29 is 14.6 Å². The SMILES string of the molecule is COc1ccc(C#N)cc1-c1nn(CC2(O)CCCCC2)cc1NC(=O)C1=C2N=CC=CN2NC1. The van der Waals surface area contributed by atoms with Gasteiger partial charge in [-0.3, -0.25) is 14.5 Å². The van der Waals surface area contributed by atoms with Crippen molar-refractivity contribution in [2.75, 3.05) is 19.0 Å². The van der Waals surface area contributed by atoms with Crippen LogP contribution in [0.3, 0.4) is 0 Å². The number of benzene rings is 1. The second-order valence-electron chi connectivity index (χ2n) is 8.98. The molecule has 0 saturated heterocycles. The number of anilines is 1. The normalized spacial score (nSPS) is 18.4. The lowest BCUT2D eigenvalue weighted by atomic mass is 9.85. The van der Waals surface area contributed by atoms with Crippen LogP contribution in [-0.2, 0) is 11.3 Å². The fourth-order valence-corrected chi connectivity index (χ4v) is 4.77. The van der Waals surface area contributed by atoms with Crippen LogP contribution in [-0.4, -0.2) is 51.3 Å². The van der Waals surface area contributed by atoms with E-state index in [-0.39, 0.29) is 5.91 Å². The molecule has 3 aliphatic rings. The molecule has 1 amide bonds. The Morgan fingerprint density at radius 3 is 2.94 bits per heavy atom. The van der Waals surface area contributed by atoms with E-state index in [1.807, 2.05) is 0 Å². The summed E-state index contributed by atoms with van der Waals surface area (Å²) in [4.78, 5) is 17.6. The minimum absolute atomic E-state index is 0.310. The summed E-state index contributed by atoms with van der Waals surface area (Å²) in [5, 5.41) is 30.0. The number of nitriles is 1. The number of hydrogen-bond donors (Lipinski definition) is 3. The Bertz CT molecular complexity index is 1280. The zero-order chi connectivity index (χ0) is 24.4. The van der Waals surface area contributed by atoms with Crippen LogP contribution >= 0.6 is 0 Å². The van der Waals surface area contributed by atoms with Gasteiger partial charge < -0.3 is 15.2 Å². The van der Waals surface area contributed by atoms with Crippen LogP contribution in [0, 0.1) is 11.3 Å². The van der Waals surface area contributed by atoms with E-state index in [1.54, 1.807) is 59.7 Å². The van der Waals surface area contributed by atoms with Crippen LogP contribution in [0.25, 0.3) is 11.3 Å². The predicted octanol–water partition coefficient (Wildman–Crippen LogP) is 2.69. The molecule has 0 spiro atoms. The predicted molar refractivity (Wildman–Crippen MR) is 130 cm³/mol. The summed E-state index contributed by atoms with van der Waals surface area (Å²) >= 11 is 0. The number of aliphatic hydroxyl groups is 1. The van der Waals surface area contributed by atoms with Gasteiger partial charge in [-0.2, -0.15) is 10.4 Å². The van der Waals surface area contributed by atoms with Gasteiger partial charge in [-0.25, -0.2) is 10.4 Å². The number of nitrogens with zero attached hydrogens (tertiary/aromatic N) is 5. The number of allylic oxidation sites excluding steroid dienone is 1. The van der Waals surface area contributed by atoms with E-state index in [0.717, 1.165) is 19.3 Å². The maximum atomic E-state index is 13.3. The van der Waals surface area contributed by atoms with Crippen molar-refractivity contribution in [1.82, 2.24) is 20.2 Å². The molecule has 1 aromatic carbocycles. The standard InChI is InChI=1S/C25H27N7O3/c1-35-21-7-6-17(13-26)12-18(21)22-20(15-31(30-22)16-25(34)8-3-2-4-9-25)29-24(33)19-14-28-32-11-5-10-27-23(19)32/h5-7,10-12,15,28,34H,2-4,8-9,14,16H2,1H3,(H,29,33). The number of aromatic nitrogens is 2. The lowest BCUT2D eigenvalue weighted by molar-refractivity contribution is -0.112. The molecule has 180 valence electrons. The zero-order valence-corrected chi connectivity index (χ0v) is 19.5. The number of hydrazine groups is 1. The minimum Gasteiger partial charge on any atom is -0.496 e. The van der Waals surface area contributed by atoms with Crippen LogP contribution in [0.5, 0.6) is 5.75 Å². The van der Waals surface area contributed by atoms with E-state index >= 15 is 0 Å². The van der Waals surface area contributed by atoms with Crippen LogP contribution < -0.4 is 15.5 Å². The van der Waals surface area contributed by atoms with Gasteiger partial charge in [0.2, 0.25) is 0 Å². The quantitative estimate of drug-likeness (QED) is 0.588. The molecule has 3 heterocycles. The number of carbonyl (C=O) groups excluding carboxylic acids is 1. The number of amides is 1. The second-order valence-corrected chi connectivity index (χ2v) is 8.98. The highest BCUT2D eigenvalue weighted by Gasteiger charge is 2.32. The van der Waals surface area contributed by atoms with E-state index < -0.39 is 5.60 Å². The largest absolute Gasteiger partial charge is 0.496 e. The number of hydrogen-bond acceptors (Lipinski definition) is 8. The molecule has 1 aliphatic carbocycles. The van der Waals surface area contributed by atoms with Gasteiger partial charge in [-0.05, 0) is 37.1 Å². The average Bonchev–Trinajstić information content (AvgIpc) is 3.47. The first-order chi connectivity index (χ1) is 17.0. The van der Waals surface area contributed by atoms with Gasteiger partial charge in [0.15, 0.2) is 5.82 Å². The molecule has 2 aromatic rings. The lowest BCUT2D eigenvalue weighted by Gasteiger charge is -2.31. The van der Waals surface area contributed by atoms with Gasteiger partial charge in [0, 0.05) is 30.7 Å². The molecule has 0 radical (unpaired) electrons. The highest BCUT2D eigenvalue weighted by Crippen LogP contribution is 2.36. The Morgan fingerprint density at radius 1 is 1.34 bits per heavy atom. The number of nitrogens with one attached hydrogen (secondary N) is 2. The monoisotopic (exact) mass is 473 g/mol. The summed E-state index contributed by atoms with van der Waals surface area (Å²) in [5.74, 6) is 0.758. The van der Waals surface area contributed by atoms with Crippen LogP contribution in [0.4, 0.5) is 5.69 Å². The van der Waals surface area contributed by atoms with Crippen molar-refractivity contribution in [2.45, 2.75) is 44.2 Å². The van der Waals surface area contributed by atoms with Gasteiger partial charge >= 0.3 is 0 Å². The average molecular weight is 474 g/mol. The third-order valence-corrected chi connectivity index (χ3v) is 6.55. The van der Waals surface area contributed by atoms with Crippen molar-refractivity contribution in [3.8, 4) is 23.1 Å². The Labute approximate surface area is 203 Å². The first-order valence-electron chi connectivity index (χ1n) is 11.7. The molecule has 0 bridgehead atoms. The van der Waals surface area contributed by atoms with Gasteiger partial charge in [-0.1, -0.05) is 19.3 Å². The molecular formula is C25H27N7O3. The molecule has 0 atom stereocenters. The van der Waals surface area contributed by atoms with Crippen LogP contribution in [0.2, 0.25) is 0 Å². The Balaban J connectivity index is 1.52. The Kier molecular flexibility index (Phi) is 6.11. The van der Waals surface area contributed by atoms with E-state index in [9.17, 15) is 15.2 Å². The highest BCUT2D eigenvalue weighted by atomic mass is 16.5. The number of rotatable bonds is 6. The smallest absolute Gasteiger partial charge is 0.256 e.